The average Bonchev–Trinajstić information content (AvgIpc) is 2.84. The van der Waals surface area contributed by atoms with E-state index in [4.69, 9.17) is 4.74 Å². The maximum absolute atomic E-state index is 11.5. The molecule has 0 radical (unpaired) electrons. The number of hydrogen-bond acceptors (Lipinski definition) is 5. The van der Waals surface area contributed by atoms with Gasteiger partial charge < -0.3 is 14.7 Å². The van der Waals surface area contributed by atoms with Crippen LogP contribution in [0.2, 0.25) is 0 Å². The number of ether oxygens (including phenoxy) is 1. The zero-order valence-electron chi connectivity index (χ0n) is 12.9. The van der Waals surface area contributed by atoms with Crippen molar-refractivity contribution in [2.75, 3.05) is 12.0 Å². The van der Waals surface area contributed by atoms with E-state index in [0.717, 1.165) is 26.9 Å². The van der Waals surface area contributed by atoms with Crippen LogP contribution < -0.4 is 9.64 Å². The molecule has 0 unspecified atom stereocenters. The molecule has 0 aliphatic carbocycles. The van der Waals surface area contributed by atoms with Crippen LogP contribution in [0.5, 0.6) is 11.5 Å². The van der Waals surface area contributed by atoms with Crippen molar-refractivity contribution in [3.05, 3.63) is 59.1 Å². The molecule has 23 heavy (non-hydrogen) atoms. The van der Waals surface area contributed by atoms with E-state index in [2.05, 4.69) is 0 Å². The predicted molar refractivity (Wildman–Crippen MR) is 91.9 cm³/mol. The largest absolute Gasteiger partial charge is 0.508 e. The fourth-order valence-electron chi connectivity index (χ4n) is 2.45. The monoisotopic (exact) mass is 327 g/mol. The third-order valence-electron chi connectivity index (χ3n) is 3.54. The highest BCUT2D eigenvalue weighted by molar-refractivity contribution is 8.03. The van der Waals surface area contributed by atoms with Crippen LogP contribution in [0.4, 0.5) is 5.69 Å². The van der Waals surface area contributed by atoms with E-state index in [-0.39, 0.29) is 11.5 Å². The van der Waals surface area contributed by atoms with Crippen LogP contribution in [0.15, 0.2) is 58.5 Å². The second-order valence-corrected chi connectivity index (χ2v) is 6.34. The van der Waals surface area contributed by atoms with E-state index in [1.54, 1.807) is 32.2 Å². The van der Waals surface area contributed by atoms with Gasteiger partial charge in [-0.2, -0.15) is 0 Å². The van der Waals surface area contributed by atoms with Crippen LogP contribution in [0.3, 0.4) is 0 Å². The molecule has 5 heteroatoms. The fourth-order valence-corrected chi connectivity index (χ4v) is 3.58. The van der Waals surface area contributed by atoms with Crippen molar-refractivity contribution in [1.29, 1.82) is 0 Å². The molecule has 1 aliphatic heterocycles. The first-order chi connectivity index (χ1) is 11.1. The molecule has 4 nitrogen and oxygen atoms in total. The number of benzene rings is 2. The van der Waals surface area contributed by atoms with E-state index in [9.17, 15) is 9.90 Å². The van der Waals surface area contributed by atoms with Gasteiger partial charge in [-0.15, -0.1) is 0 Å². The fraction of sp³-hybridized carbons (Fsp3) is 0.167. The van der Waals surface area contributed by atoms with Crippen LogP contribution in [-0.2, 0) is 11.3 Å². The summed E-state index contributed by atoms with van der Waals surface area (Å²) in [6.07, 6.45) is 1.63. The van der Waals surface area contributed by atoms with Gasteiger partial charge >= 0.3 is 0 Å². The molecule has 1 N–H and O–H groups in total. The van der Waals surface area contributed by atoms with Gasteiger partial charge in [0.05, 0.1) is 17.8 Å². The predicted octanol–water partition coefficient (Wildman–Crippen LogP) is 3.94. The molecule has 118 valence electrons. The number of nitrogens with zero attached hydrogens (tertiary/aromatic N) is 1. The molecule has 0 saturated heterocycles. The topological polar surface area (TPSA) is 49.8 Å². The van der Waals surface area contributed by atoms with Gasteiger partial charge in [0.15, 0.2) is 5.78 Å². The van der Waals surface area contributed by atoms with Crippen molar-refractivity contribution >= 4 is 23.2 Å². The third-order valence-corrected chi connectivity index (χ3v) is 4.65. The van der Waals surface area contributed by atoms with E-state index in [1.807, 2.05) is 35.2 Å². The maximum atomic E-state index is 11.5. The van der Waals surface area contributed by atoms with Crippen LogP contribution in [0.25, 0.3) is 0 Å². The zero-order chi connectivity index (χ0) is 16.4. The van der Waals surface area contributed by atoms with Gasteiger partial charge in [-0.25, -0.2) is 0 Å². The van der Waals surface area contributed by atoms with Crippen LogP contribution >= 0.6 is 11.8 Å². The van der Waals surface area contributed by atoms with E-state index >= 15 is 0 Å². The minimum Gasteiger partial charge on any atom is -0.508 e. The maximum Gasteiger partial charge on any atom is 0.155 e. The Kier molecular flexibility index (Phi) is 4.30. The van der Waals surface area contributed by atoms with Crippen LogP contribution in [-0.4, -0.2) is 18.0 Å². The number of anilines is 1. The Hall–Kier alpha value is -2.40. The number of phenols is 1. The number of hydrogen-bond donors (Lipinski definition) is 1. The third kappa shape index (κ3) is 3.35. The molecule has 0 atom stereocenters. The van der Waals surface area contributed by atoms with Crippen molar-refractivity contribution in [3.8, 4) is 11.5 Å². The Morgan fingerprint density at radius 1 is 1.26 bits per heavy atom. The summed E-state index contributed by atoms with van der Waals surface area (Å²) in [6.45, 7) is 2.16. The highest BCUT2D eigenvalue weighted by Gasteiger charge is 2.26. The Bertz CT molecular complexity index is 768. The van der Waals surface area contributed by atoms with E-state index in [1.165, 1.54) is 11.8 Å². The lowest BCUT2D eigenvalue weighted by Crippen LogP contribution is -2.17. The highest BCUT2D eigenvalue weighted by Crippen LogP contribution is 2.47. The number of thioether (sulfide) groups is 1. The van der Waals surface area contributed by atoms with Gasteiger partial charge in [0.2, 0.25) is 0 Å². The van der Waals surface area contributed by atoms with Crippen LogP contribution in [0, 0.1) is 0 Å². The lowest BCUT2D eigenvalue weighted by molar-refractivity contribution is -0.112. The second kappa shape index (κ2) is 6.38. The standard InChI is InChI=1S/C18H17NO3S/c1-12(20)9-18-19(11-13-3-6-15(22-2)7-4-13)16-10-14(21)5-8-17(16)23-18/h3-10,21H,11H2,1-2H3. The SMILES string of the molecule is COc1ccc(CN2C(=CC(C)=O)Sc3ccc(O)cc32)cc1. The quantitative estimate of drug-likeness (QED) is 0.862. The lowest BCUT2D eigenvalue weighted by Gasteiger charge is -2.20. The molecule has 0 fully saturated rings. The molecule has 1 aliphatic rings. The number of fused-ring (bicyclic) bond motifs is 1. The van der Waals surface area contributed by atoms with Crippen LogP contribution in [0.1, 0.15) is 12.5 Å². The summed E-state index contributed by atoms with van der Waals surface area (Å²) in [7, 11) is 1.64. The van der Waals surface area contributed by atoms with Crippen molar-refractivity contribution in [3.63, 3.8) is 0 Å². The number of methoxy groups -OCH3 is 1. The Labute approximate surface area is 139 Å². The number of rotatable bonds is 4. The molecule has 0 bridgehead atoms. The molecule has 0 saturated carbocycles. The number of allylic oxidation sites excluding steroid dienone is 1. The minimum absolute atomic E-state index is 0.00394. The summed E-state index contributed by atoms with van der Waals surface area (Å²) in [5, 5.41) is 10.6. The second-order valence-electron chi connectivity index (χ2n) is 5.28. The molecule has 0 amide bonds. The summed E-state index contributed by atoms with van der Waals surface area (Å²) < 4.78 is 5.18. The Morgan fingerprint density at radius 2 is 2.00 bits per heavy atom. The summed E-state index contributed by atoms with van der Waals surface area (Å²) in [5.41, 5.74) is 2.01. The molecular formula is C18H17NO3S. The molecule has 2 aromatic carbocycles. The van der Waals surface area contributed by atoms with Crippen molar-refractivity contribution < 1.29 is 14.6 Å². The first-order valence-corrected chi connectivity index (χ1v) is 8.02. The number of carbonyl (C=O) groups excluding carboxylic acids is 1. The van der Waals surface area contributed by atoms with Gasteiger partial charge in [-0.05, 0) is 36.8 Å². The van der Waals surface area contributed by atoms with Gasteiger partial charge in [0, 0.05) is 23.6 Å². The number of ketones is 1. The van der Waals surface area contributed by atoms with Gasteiger partial charge in [-0.3, -0.25) is 4.79 Å². The first-order valence-electron chi connectivity index (χ1n) is 7.20. The highest BCUT2D eigenvalue weighted by atomic mass is 32.2. The molecule has 2 aromatic rings. The minimum atomic E-state index is 0.00394. The molecule has 0 spiro atoms. The summed E-state index contributed by atoms with van der Waals surface area (Å²) in [5.74, 6) is 1.03. The van der Waals surface area contributed by atoms with Crippen molar-refractivity contribution in [2.24, 2.45) is 0 Å². The van der Waals surface area contributed by atoms with Gasteiger partial charge in [0.1, 0.15) is 11.5 Å². The van der Waals surface area contributed by atoms with Crippen molar-refractivity contribution in [1.82, 2.24) is 0 Å². The molecular weight excluding hydrogens is 310 g/mol. The summed E-state index contributed by atoms with van der Waals surface area (Å²) in [6, 6.07) is 13.1. The first kappa shape index (κ1) is 15.5. The summed E-state index contributed by atoms with van der Waals surface area (Å²) in [4.78, 5) is 14.6. The molecule has 1 heterocycles. The summed E-state index contributed by atoms with van der Waals surface area (Å²) >= 11 is 1.54. The van der Waals surface area contributed by atoms with E-state index in [0.29, 0.717) is 6.54 Å². The molecule has 3 rings (SSSR count). The zero-order valence-corrected chi connectivity index (χ0v) is 13.8. The lowest BCUT2D eigenvalue weighted by atomic mass is 10.2. The number of aromatic hydroxyl groups is 1. The number of phenolic OH excluding ortho intramolecular Hbond substituents is 1. The smallest absolute Gasteiger partial charge is 0.155 e. The normalized spacial score (nSPS) is 14.9. The van der Waals surface area contributed by atoms with Crippen molar-refractivity contribution in [2.45, 2.75) is 18.4 Å². The molecule has 0 aromatic heterocycles. The van der Waals surface area contributed by atoms with E-state index < -0.39 is 0 Å². The van der Waals surface area contributed by atoms with Gasteiger partial charge in [-0.1, -0.05) is 23.9 Å². The Morgan fingerprint density at radius 3 is 2.65 bits per heavy atom. The number of carbonyl (C=O) groups is 1. The average molecular weight is 327 g/mol. The van der Waals surface area contributed by atoms with Gasteiger partial charge in [0.25, 0.3) is 0 Å². The Balaban J connectivity index is 1.95.